The second-order valence-corrected chi connectivity index (χ2v) is 6.36. The lowest BCUT2D eigenvalue weighted by Gasteiger charge is -2.26. The van der Waals surface area contributed by atoms with Crippen LogP contribution in [-0.2, 0) is 14.3 Å². The lowest BCUT2D eigenvalue weighted by atomic mass is 9.77. The van der Waals surface area contributed by atoms with Crippen molar-refractivity contribution in [2.75, 3.05) is 11.5 Å². The van der Waals surface area contributed by atoms with Crippen molar-refractivity contribution >= 4 is 17.5 Å². The Labute approximate surface area is 128 Å². The van der Waals surface area contributed by atoms with Crippen LogP contribution in [0, 0.1) is 25.7 Å². The minimum atomic E-state index is -1.03. The lowest BCUT2D eigenvalue weighted by Crippen LogP contribution is -2.43. The van der Waals surface area contributed by atoms with E-state index in [2.05, 4.69) is 0 Å². The van der Waals surface area contributed by atoms with Crippen molar-refractivity contribution in [3.8, 4) is 0 Å². The molecule has 114 valence electrons. The molecule has 5 nitrogen and oxygen atoms in total. The molecule has 3 heterocycles. The van der Waals surface area contributed by atoms with Crippen molar-refractivity contribution in [3.05, 3.63) is 41.5 Å². The fraction of sp³-hybridized carbons (Fsp3) is 0.412. The van der Waals surface area contributed by atoms with Gasteiger partial charge >= 0.3 is 0 Å². The molecule has 3 aliphatic heterocycles. The molecule has 2 saturated heterocycles. The maximum atomic E-state index is 12.9. The number of aliphatic hydroxyl groups is 1. The molecule has 0 aromatic heterocycles. The molecule has 0 radical (unpaired) electrons. The van der Waals surface area contributed by atoms with Crippen molar-refractivity contribution < 1.29 is 19.4 Å². The zero-order valence-electron chi connectivity index (χ0n) is 12.4. The molecular weight excluding hydrogens is 282 g/mol. The number of aryl methyl sites for hydroxylation is 2. The predicted octanol–water partition coefficient (Wildman–Crippen LogP) is 1.11. The summed E-state index contributed by atoms with van der Waals surface area (Å²) in [4.78, 5) is 26.9. The summed E-state index contributed by atoms with van der Waals surface area (Å²) in [5.74, 6) is -1.65. The van der Waals surface area contributed by atoms with Crippen molar-refractivity contribution in [1.29, 1.82) is 0 Å². The van der Waals surface area contributed by atoms with E-state index in [1.807, 2.05) is 32.0 Å². The Morgan fingerprint density at radius 1 is 1.27 bits per heavy atom. The fourth-order valence-corrected chi connectivity index (χ4v) is 3.98. The highest BCUT2D eigenvalue weighted by atomic mass is 16.5. The minimum absolute atomic E-state index is 0.230. The molecule has 2 bridgehead atoms. The second kappa shape index (κ2) is 4.27. The van der Waals surface area contributed by atoms with Crippen molar-refractivity contribution in [2.24, 2.45) is 11.8 Å². The van der Waals surface area contributed by atoms with Crippen LogP contribution in [-0.4, -0.2) is 35.2 Å². The first-order valence-electron chi connectivity index (χ1n) is 7.41. The third-order valence-electron chi connectivity index (χ3n) is 5.00. The van der Waals surface area contributed by atoms with E-state index >= 15 is 0 Å². The van der Waals surface area contributed by atoms with Gasteiger partial charge in [0.2, 0.25) is 11.8 Å². The van der Waals surface area contributed by atoms with Crippen molar-refractivity contribution in [1.82, 2.24) is 0 Å². The highest BCUT2D eigenvalue weighted by molar-refractivity contribution is 6.23. The molecule has 3 aliphatic rings. The van der Waals surface area contributed by atoms with E-state index in [-0.39, 0.29) is 18.4 Å². The molecule has 22 heavy (non-hydrogen) atoms. The number of benzene rings is 1. The topological polar surface area (TPSA) is 66.8 Å². The predicted molar refractivity (Wildman–Crippen MR) is 79.2 cm³/mol. The number of ether oxygens (including phenoxy) is 1. The summed E-state index contributed by atoms with van der Waals surface area (Å²) in [6, 6.07) is 5.65. The Kier molecular flexibility index (Phi) is 2.65. The normalized spacial score (nSPS) is 35.6. The Morgan fingerprint density at radius 2 is 2.05 bits per heavy atom. The van der Waals surface area contributed by atoms with Gasteiger partial charge in [0.15, 0.2) is 0 Å². The third-order valence-corrected chi connectivity index (χ3v) is 5.00. The summed E-state index contributed by atoms with van der Waals surface area (Å²) >= 11 is 0. The van der Waals surface area contributed by atoms with Gasteiger partial charge in [-0.1, -0.05) is 29.8 Å². The van der Waals surface area contributed by atoms with Gasteiger partial charge in [-0.2, -0.15) is 0 Å². The lowest BCUT2D eigenvalue weighted by molar-refractivity contribution is -0.128. The summed E-state index contributed by atoms with van der Waals surface area (Å²) in [6.45, 7) is 3.57. The highest BCUT2D eigenvalue weighted by Gasteiger charge is 2.67. The Balaban J connectivity index is 1.79. The first-order valence-corrected chi connectivity index (χ1v) is 7.41. The summed E-state index contributed by atoms with van der Waals surface area (Å²) in [5.41, 5.74) is 1.57. The molecule has 5 heteroatoms. The molecule has 2 fully saturated rings. The molecular formula is C17H17NO4. The molecule has 1 aromatic carbocycles. The molecule has 4 rings (SSSR count). The van der Waals surface area contributed by atoms with Crippen molar-refractivity contribution in [3.63, 3.8) is 0 Å². The maximum Gasteiger partial charge on any atom is 0.241 e. The largest absolute Gasteiger partial charge is 0.393 e. The molecule has 4 unspecified atom stereocenters. The second-order valence-electron chi connectivity index (χ2n) is 6.36. The quantitative estimate of drug-likeness (QED) is 0.656. The van der Waals surface area contributed by atoms with Crippen LogP contribution in [0.2, 0.25) is 0 Å². The van der Waals surface area contributed by atoms with Gasteiger partial charge in [0, 0.05) is 0 Å². The zero-order valence-corrected chi connectivity index (χ0v) is 12.4. The molecule has 1 aromatic rings. The molecule has 0 aliphatic carbocycles. The Morgan fingerprint density at radius 3 is 2.73 bits per heavy atom. The number of aliphatic hydroxyl groups excluding tert-OH is 1. The van der Waals surface area contributed by atoms with Gasteiger partial charge in [-0.3, -0.25) is 9.59 Å². The summed E-state index contributed by atoms with van der Waals surface area (Å²) in [6.07, 6.45) is 3.10. The first kappa shape index (κ1) is 13.7. The van der Waals surface area contributed by atoms with E-state index < -0.39 is 23.5 Å². The monoisotopic (exact) mass is 299 g/mol. The molecule has 2 amide bonds. The number of carbonyl (C=O) groups excluding carboxylic acids is 2. The van der Waals surface area contributed by atoms with E-state index in [1.54, 1.807) is 12.2 Å². The van der Waals surface area contributed by atoms with E-state index in [9.17, 15) is 14.7 Å². The number of nitrogens with zero attached hydrogens (tertiary/aromatic N) is 1. The van der Waals surface area contributed by atoms with Gasteiger partial charge in [-0.15, -0.1) is 0 Å². The van der Waals surface area contributed by atoms with Gasteiger partial charge in [-0.05, 0) is 25.5 Å². The molecule has 4 atom stereocenters. The number of carbonyl (C=O) groups is 2. The van der Waals surface area contributed by atoms with Crippen LogP contribution in [0.3, 0.4) is 0 Å². The van der Waals surface area contributed by atoms with Gasteiger partial charge in [0.25, 0.3) is 0 Å². The fourth-order valence-electron chi connectivity index (χ4n) is 3.98. The third kappa shape index (κ3) is 1.50. The van der Waals surface area contributed by atoms with E-state index in [4.69, 9.17) is 4.74 Å². The van der Waals surface area contributed by atoms with Crippen LogP contribution in [0.25, 0.3) is 0 Å². The minimum Gasteiger partial charge on any atom is -0.393 e. The molecule has 1 N–H and O–H groups in total. The number of amides is 2. The molecule has 0 saturated carbocycles. The van der Waals surface area contributed by atoms with Crippen LogP contribution in [0.5, 0.6) is 0 Å². The number of rotatable bonds is 2. The van der Waals surface area contributed by atoms with E-state index in [0.717, 1.165) is 11.1 Å². The zero-order chi connectivity index (χ0) is 15.6. The van der Waals surface area contributed by atoms with Gasteiger partial charge in [0.05, 0.1) is 30.2 Å². The average molecular weight is 299 g/mol. The summed E-state index contributed by atoms with van der Waals surface area (Å²) in [5, 5.41) is 9.68. The van der Waals surface area contributed by atoms with E-state index in [1.165, 1.54) is 4.90 Å². The molecule has 0 spiro atoms. The maximum absolute atomic E-state index is 12.9. The smallest absolute Gasteiger partial charge is 0.241 e. The number of anilines is 1. The van der Waals surface area contributed by atoms with Crippen LogP contribution in [0.4, 0.5) is 5.69 Å². The number of hydrogen-bond acceptors (Lipinski definition) is 4. The van der Waals surface area contributed by atoms with Crippen LogP contribution in [0.1, 0.15) is 11.1 Å². The van der Waals surface area contributed by atoms with Gasteiger partial charge in [0.1, 0.15) is 5.60 Å². The standard InChI is InChI=1S/C17H17NO4/c1-9-3-4-11(10(2)7-9)18-15(20)13-12-5-6-17(8-19,22-12)14(13)16(18)21/h3-7,12-14,19H,8H2,1-2H3. The number of fused-ring (bicyclic) bond motifs is 5. The number of hydrogen-bond donors (Lipinski definition) is 1. The Bertz CT molecular complexity index is 725. The summed E-state index contributed by atoms with van der Waals surface area (Å²) < 4.78 is 5.72. The first-order chi connectivity index (χ1) is 10.5. The van der Waals surface area contributed by atoms with Gasteiger partial charge < -0.3 is 9.84 Å². The van der Waals surface area contributed by atoms with E-state index in [0.29, 0.717) is 5.69 Å². The average Bonchev–Trinajstić information content (AvgIpc) is 3.12. The number of imide groups is 1. The van der Waals surface area contributed by atoms with Crippen LogP contribution >= 0.6 is 0 Å². The van der Waals surface area contributed by atoms with Crippen molar-refractivity contribution in [2.45, 2.75) is 25.6 Å². The SMILES string of the molecule is Cc1ccc(N2C(=O)C3C4C=CC(CO)(O4)C3C2=O)c(C)c1. The van der Waals surface area contributed by atoms with Crippen LogP contribution in [0.15, 0.2) is 30.4 Å². The Hall–Kier alpha value is -1.98. The van der Waals surface area contributed by atoms with Gasteiger partial charge in [-0.25, -0.2) is 4.90 Å². The summed E-state index contributed by atoms with van der Waals surface area (Å²) in [7, 11) is 0. The highest BCUT2D eigenvalue weighted by Crippen LogP contribution is 2.52. The van der Waals surface area contributed by atoms with Crippen LogP contribution < -0.4 is 4.90 Å².